The summed E-state index contributed by atoms with van der Waals surface area (Å²) in [6, 6.07) is 8.32. The molecule has 24 heavy (non-hydrogen) atoms. The fourth-order valence-corrected chi connectivity index (χ4v) is 2.72. The van der Waals surface area contributed by atoms with Crippen LogP contribution < -0.4 is 4.74 Å². The largest absolute Gasteiger partial charge is 0.496 e. The zero-order valence-electron chi connectivity index (χ0n) is 13.3. The smallest absolute Gasteiger partial charge is 0.335 e. The molecule has 7 nitrogen and oxygen atoms in total. The van der Waals surface area contributed by atoms with Crippen LogP contribution in [-0.2, 0) is 6.61 Å². The first-order valence-corrected chi connectivity index (χ1v) is 7.40. The lowest BCUT2D eigenvalue weighted by Gasteiger charge is -2.21. The number of benzene rings is 1. The number of rotatable bonds is 5. The number of nitrogens with zero attached hydrogens (tertiary/aromatic N) is 3. The molecule has 1 atom stereocenters. The first-order chi connectivity index (χ1) is 11.5. The summed E-state index contributed by atoms with van der Waals surface area (Å²) in [5.74, 6) is 0.509. The molecule has 1 aromatic rings. The van der Waals surface area contributed by atoms with E-state index in [4.69, 9.17) is 9.84 Å². The number of hydrogen-bond donors (Lipinski definition) is 2. The molecular weight excluding hydrogens is 310 g/mol. The highest BCUT2D eigenvalue weighted by Gasteiger charge is 2.20. The summed E-state index contributed by atoms with van der Waals surface area (Å²) >= 11 is 0. The topological polar surface area (TPSA) is 97.5 Å². The molecule has 1 unspecified atom stereocenters. The van der Waals surface area contributed by atoms with Gasteiger partial charge in [-0.1, -0.05) is 6.07 Å². The molecule has 0 saturated heterocycles. The minimum atomic E-state index is -1.00. The molecule has 2 N–H and O–H groups in total. The predicted molar refractivity (Wildman–Crippen MR) is 86.3 cm³/mol. The highest BCUT2D eigenvalue weighted by molar-refractivity contribution is 5.88. The zero-order valence-corrected chi connectivity index (χ0v) is 13.3. The molecule has 7 heteroatoms. The van der Waals surface area contributed by atoms with E-state index in [2.05, 4.69) is 9.97 Å². The number of aliphatic hydroxyl groups excluding tert-OH is 1. The van der Waals surface area contributed by atoms with Gasteiger partial charge in [0.25, 0.3) is 0 Å². The molecule has 0 aromatic heterocycles. The average molecular weight is 327 g/mol. The van der Waals surface area contributed by atoms with Crippen molar-refractivity contribution >= 4 is 5.97 Å². The van der Waals surface area contributed by atoms with Gasteiger partial charge in [-0.2, -0.15) is 0 Å². The minimum absolute atomic E-state index is 0.158. The van der Waals surface area contributed by atoms with Crippen LogP contribution in [0.2, 0.25) is 0 Å². The van der Waals surface area contributed by atoms with Crippen molar-refractivity contribution in [1.82, 2.24) is 14.5 Å². The lowest BCUT2D eigenvalue weighted by molar-refractivity contribution is 0.0696. The van der Waals surface area contributed by atoms with Crippen molar-refractivity contribution in [2.75, 3.05) is 7.11 Å². The molecule has 2 aliphatic rings. The van der Waals surface area contributed by atoms with Crippen molar-refractivity contribution in [3.05, 3.63) is 53.5 Å². The molecule has 0 aliphatic carbocycles. The van der Waals surface area contributed by atoms with Crippen LogP contribution in [0.4, 0.5) is 0 Å². The second-order valence-corrected chi connectivity index (χ2v) is 5.36. The number of methoxy groups -OCH3 is 1. The number of pyridine rings is 1. The number of aromatic carboxylic acids is 1. The number of carbonyl (C=O) groups is 1. The quantitative estimate of drug-likeness (QED) is 0.745. The van der Waals surface area contributed by atoms with Gasteiger partial charge in [0.15, 0.2) is 11.6 Å². The van der Waals surface area contributed by atoms with Gasteiger partial charge in [0, 0.05) is 11.8 Å². The summed E-state index contributed by atoms with van der Waals surface area (Å²) < 4.78 is 7.28. The normalized spacial score (nSPS) is 12.3. The maximum absolute atomic E-state index is 11.1. The van der Waals surface area contributed by atoms with Gasteiger partial charge in [-0.05, 0) is 31.2 Å². The lowest BCUT2D eigenvalue weighted by Crippen LogP contribution is -2.12. The second-order valence-electron chi connectivity index (χ2n) is 5.36. The van der Waals surface area contributed by atoms with Crippen molar-refractivity contribution < 1.29 is 19.7 Å². The monoisotopic (exact) mass is 327 g/mol. The van der Waals surface area contributed by atoms with Gasteiger partial charge in [0.05, 0.1) is 18.7 Å². The molecular formula is C17H17N3O4. The van der Waals surface area contributed by atoms with E-state index in [0.29, 0.717) is 23.1 Å². The highest BCUT2D eigenvalue weighted by Crippen LogP contribution is 2.32. The summed E-state index contributed by atoms with van der Waals surface area (Å²) in [4.78, 5) is 19.7. The van der Waals surface area contributed by atoms with E-state index < -0.39 is 5.97 Å². The van der Waals surface area contributed by atoms with Crippen LogP contribution in [-0.4, -0.2) is 37.8 Å². The van der Waals surface area contributed by atoms with Gasteiger partial charge in [-0.3, -0.25) is 0 Å². The van der Waals surface area contributed by atoms with Crippen LogP contribution in [0.15, 0.2) is 36.5 Å². The summed E-state index contributed by atoms with van der Waals surface area (Å²) in [6.45, 7) is 1.74. The summed E-state index contributed by atoms with van der Waals surface area (Å²) in [7, 11) is 1.51. The molecule has 0 spiro atoms. The van der Waals surface area contributed by atoms with Gasteiger partial charge in [-0.15, -0.1) is 0 Å². The third kappa shape index (κ3) is 2.69. The van der Waals surface area contributed by atoms with Crippen LogP contribution in [0.3, 0.4) is 0 Å². The minimum Gasteiger partial charge on any atom is -0.496 e. The number of aromatic nitrogens is 3. The zero-order chi connectivity index (χ0) is 17.3. The predicted octanol–water partition coefficient (Wildman–Crippen LogP) is 2.19. The lowest BCUT2D eigenvalue weighted by atomic mass is 10.0. The van der Waals surface area contributed by atoms with Crippen molar-refractivity contribution in [2.45, 2.75) is 19.6 Å². The highest BCUT2D eigenvalue weighted by atomic mass is 16.5. The van der Waals surface area contributed by atoms with E-state index in [-0.39, 0.29) is 18.2 Å². The van der Waals surface area contributed by atoms with Gasteiger partial charge < -0.3 is 19.5 Å². The Morgan fingerprint density at radius 1 is 1.33 bits per heavy atom. The van der Waals surface area contributed by atoms with Crippen LogP contribution in [0.1, 0.15) is 34.7 Å². The van der Waals surface area contributed by atoms with Crippen molar-refractivity contribution in [1.29, 1.82) is 0 Å². The summed E-state index contributed by atoms with van der Waals surface area (Å²) in [6.07, 6.45) is 1.87. The fourth-order valence-electron chi connectivity index (χ4n) is 2.72. The molecule has 2 aliphatic heterocycles. The molecule has 0 saturated carbocycles. The number of imidazole rings is 1. The maximum atomic E-state index is 11.1. The summed E-state index contributed by atoms with van der Waals surface area (Å²) in [5.41, 5.74) is 1.68. The van der Waals surface area contributed by atoms with Crippen LogP contribution in [0.25, 0.3) is 11.5 Å². The third-order valence-electron chi connectivity index (χ3n) is 3.95. The fraction of sp³-hybridized carbons (Fsp3) is 0.235. The third-order valence-corrected chi connectivity index (χ3v) is 3.95. The van der Waals surface area contributed by atoms with Crippen molar-refractivity contribution in [3.63, 3.8) is 0 Å². The van der Waals surface area contributed by atoms with E-state index in [1.165, 1.54) is 13.2 Å². The van der Waals surface area contributed by atoms with Crippen LogP contribution in [0.5, 0.6) is 5.75 Å². The number of carboxylic acids is 1. The Balaban J connectivity index is 2.08. The van der Waals surface area contributed by atoms with Crippen molar-refractivity contribution in [2.24, 2.45) is 0 Å². The standard InChI is InChI=1S/C17H17N3O4/c1-10(12-6-5-11(17(22)23)8-14(12)24-2)20-7-3-4-13-16(20)19-15(9-21)18-13/h3-8,10,21H,9H2,1-2H3,(H,22,23). The van der Waals surface area contributed by atoms with E-state index in [0.717, 1.165) is 5.56 Å². The van der Waals surface area contributed by atoms with Gasteiger partial charge >= 0.3 is 5.97 Å². The Labute approximate surface area is 138 Å². The molecule has 0 radical (unpaired) electrons. The van der Waals surface area contributed by atoms with Crippen molar-refractivity contribution in [3.8, 4) is 17.3 Å². The Kier molecular flexibility index (Phi) is 4.18. The Hall–Kier alpha value is -2.93. The second kappa shape index (κ2) is 6.29. The van der Waals surface area contributed by atoms with Crippen LogP contribution in [0, 0.1) is 0 Å². The molecule has 1 aromatic carbocycles. The Morgan fingerprint density at radius 2 is 2.12 bits per heavy atom. The number of fused-ring (bicyclic) bond motifs is 1. The molecule has 0 fully saturated rings. The van der Waals surface area contributed by atoms with Crippen LogP contribution >= 0.6 is 0 Å². The number of carboxylic acid groups (broad SMARTS) is 1. The number of hydrogen-bond acceptors (Lipinski definition) is 5. The SMILES string of the molecule is COc1cc(C(=O)O)ccc1C(C)n1cccc2nc(CO)nc1-2. The Bertz CT molecular complexity index is 859. The first-order valence-electron chi connectivity index (χ1n) is 7.40. The summed E-state index contributed by atoms with van der Waals surface area (Å²) in [5, 5.41) is 18.4. The average Bonchev–Trinajstić information content (AvgIpc) is 3.03. The van der Waals surface area contributed by atoms with Gasteiger partial charge in [0.2, 0.25) is 0 Å². The number of aliphatic hydroxyl groups is 1. The Morgan fingerprint density at radius 3 is 2.79 bits per heavy atom. The molecule has 124 valence electrons. The molecule has 3 rings (SSSR count). The number of ether oxygens (including phenoxy) is 1. The van der Waals surface area contributed by atoms with Gasteiger partial charge in [-0.25, -0.2) is 14.8 Å². The molecule has 0 amide bonds. The van der Waals surface area contributed by atoms with E-state index in [1.54, 1.807) is 12.1 Å². The first kappa shape index (κ1) is 15.9. The molecule has 2 heterocycles. The van der Waals surface area contributed by atoms with Gasteiger partial charge in [0.1, 0.15) is 18.1 Å². The van der Waals surface area contributed by atoms with E-state index >= 15 is 0 Å². The maximum Gasteiger partial charge on any atom is 0.335 e. The van der Waals surface area contributed by atoms with E-state index in [9.17, 15) is 9.90 Å². The molecule has 0 bridgehead atoms. The van der Waals surface area contributed by atoms with E-state index in [1.807, 2.05) is 29.8 Å².